The molecule has 1 fully saturated rings. The van der Waals surface area contributed by atoms with Crippen molar-refractivity contribution in [3.05, 3.63) is 11.1 Å². The molecular formula is C15H27N3S. The van der Waals surface area contributed by atoms with Crippen molar-refractivity contribution in [3.8, 4) is 0 Å². The molecule has 1 saturated carbocycles. The maximum Gasteiger partial charge on any atom is 0.185 e. The van der Waals surface area contributed by atoms with Gasteiger partial charge in [-0.1, -0.05) is 26.7 Å². The highest BCUT2D eigenvalue weighted by Crippen LogP contribution is 2.26. The van der Waals surface area contributed by atoms with E-state index in [2.05, 4.69) is 36.0 Å². The molecule has 0 radical (unpaired) electrons. The Morgan fingerprint density at radius 2 is 2.11 bits per heavy atom. The molecule has 1 N–H and O–H groups in total. The minimum absolute atomic E-state index is 0.775. The van der Waals surface area contributed by atoms with Crippen molar-refractivity contribution in [2.75, 3.05) is 18.0 Å². The molecule has 4 heteroatoms. The molecule has 0 saturated heterocycles. The summed E-state index contributed by atoms with van der Waals surface area (Å²) >= 11 is 1.85. The third-order valence-corrected chi connectivity index (χ3v) is 5.03. The zero-order valence-corrected chi connectivity index (χ0v) is 13.3. The van der Waals surface area contributed by atoms with Crippen LogP contribution in [0.3, 0.4) is 0 Å². The Balaban J connectivity index is 1.89. The molecule has 1 aliphatic carbocycles. The minimum Gasteiger partial charge on any atom is -0.348 e. The van der Waals surface area contributed by atoms with Crippen LogP contribution in [0.25, 0.3) is 0 Å². The van der Waals surface area contributed by atoms with Crippen molar-refractivity contribution in [1.82, 2.24) is 10.3 Å². The van der Waals surface area contributed by atoms with E-state index in [1.807, 2.05) is 17.5 Å². The molecule has 3 nitrogen and oxygen atoms in total. The van der Waals surface area contributed by atoms with Gasteiger partial charge in [0.25, 0.3) is 0 Å². The van der Waals surface area contributed by atoms with Crippen molar-refractivity contribution >= 4 is 16.5 Å². The van der Waals surface area contributed by atoms with Crippen LogP contribution in [0.2, 0.25) is 0 Å². The molecule has 1 heterocycles. The van der Waals surface area contributed by atoms with Crippen LogP contribution in [-0.2, 0) is 6.54 Å². The molecule has 1 aromatic rings. The van der Waals surface area contributed by atoms with Crippen molar-refractivity contribution < 1.29 is 0 Å². The van der Waals surface area contributed by atoms with Gasteiger partial charge in [-0.25, -0.2) is 4.98 Å². The zero-order chi connectivity index (χ0) is 13.7. The molecule has 1 aromatic heterocycles. The van der Waals surface area contributed by atoms with Gasteiger partial charge in [0.2, 0.25) is 0 Å². The standard InChI is InChI=1S/C15H27N3S/c1-4-12(5-2)11-18(6-3)15-17-10-14(19-15)9-16-13-7-8-13/h10,12-13,16H,4-9,11H2,1-3H3. The second-order valence-electron chi connectivity index (χ2n) is 5.49. The maximum atomic E-state index is 4.61. The first kappa shape index (κ1) is 14.8. The smallest absolute Gasteiger partial charge is 0.185 e. The van der Waals surface area contributed by atoms with Crippen LogP contribution in [0.15, 0.2) is 6.20 Å². The fourth-order valence-corrected chi connectivity index (χ4v) is 3.19. The van der Waals surface area contributed by atoms with E-state index >= 15 is 0 Å². The summed E-state index contributed by atoms with van der Waals surface area (Å²) in [6.45, 7) is 9.99. The second kappa shape index (κ2) is 7.25. The van der Waals surface area contributed by atoms with Crippen molar-refractivity contribution in [2.45, 2.75) is 59.0 Å². The van der Waals surface area contributed by atoms with E-state index in [0.717, 1.165) is 31.6 Å². The van der Waals surface area contributed by atoms with Crippen LogP contribution in [0.4, 0.5) is 5.13 Å². The van der Waals surface area contributed by atoms with Crippen LogP contribution in [0, 0.1) is 5.92 Å². The lowest BCUT2D eigenvalue weighted by Crippen LogP contribution is -2.28. The van der Waals surface area contributed by atoms with Gasteiger partial charge < -0.3 is 10.2 Å². The number of thiazole rings is 1. The van der Waals surface area contributed by atoms with Gasteiger partial charge in [0.05, 0.1) is 0 Å². The molecule has 0 spiro atoms. The Hall–Kier alpha value is -0.610. The summed E-state index contributed by atoms with van der Waals surface area (Å²) in [6, 6.07) is 0.775. The monoisotopic (exact) mass is 281 g/mol. The average Bonchev–Trinajstić information content (AvgIpc) is 3.16. The Labute approximate surface area is 121 Å². The van der Waals surface area contributed by atoms with Crippen LogP contribution in [-0.4, -0.2) is 24.1 Å². The Kier molecular flexibility index (Phi) is 5.64. The second-order valence-corrected chi connectivity index (χ2v) is 6.58. The lowest BCUT2D eigenvalue weighted by atomic mass is 10.0. The fourth-order valence-electron chi connectivity index (χ4n) is 2.26. The highest BCUT2D eigenvalue weighted by atomic mass is 32.1. The molecule has 0 unspecified atom stereocenters. The summed E-state index contributed by atoms with van der Waals surface area (Å²) in [6.07, 6.45) is 7.26. The van der Waals surface area contributed by atoms with Gasteiger partial charge in [0.1, 0.15) is 0 Å². The summed E-state index contributed by atoms with van der Waals surface area (Å²) in [5.41, 5.74) is 0. The first-order chi connectivity index (χ1) is 9.26. The number of aromatic nitrogens is 1. The summed E-state index contributed by atoms with van der Waals surface area (Å²) < 4.78 is 0. The van der Waals surface area contributed by atoms with Crippen molar-refractivity contribution in [3.63, 3.8) is 0 Å². The zero-order valence-electron chi connectivity index (χ0n) is 12.5. The number of hydrogen-bond donors (Lipinski definition) is 1. The van der Waals surface area contributed by atoms with E-state index in [-0.39, 0.29) is 0 Å². The maximum absolute atomic E-state index is 4.61. The summed E-state index contributed by atoms with van der Waals surface area (Å²) in [5, 5.41) is 4.75. The van der Waals surface area contributed by atoms with E-state index in [1.54, 1.807) is 0 Å². The SMILES string of the molecule is CCC(CC)CN(CC)c1ncc(CNC2CC2)s1. The first-order valence-corrected chi connectivity index (χ1v) is 8.51. The molecule has 19 heavy (non-hydrogen) atoms. The normalized spacial score (nSPS) is 15.2. The molecule has 0 amide bonds. The van der Waals surface area contributed by atoms with Gasteiger partial charge in [-0.2, -0.15) is 0 Å². The number of rotatable bonds is 9. The van der Waals surface area contributed by atoms with E-state index in [4.69, 9.17) is 0 Å². The Morgan fingerprint density at radius 3 is 2.68 bits per heavy atom. The molecule has 108 valence electrons. The summed E-state index contributed by atoms with van der Waals surface area (Å²) in [4.78, 5) is 8.41. The first-order valence-electron chi connectivity index (χ1n) is 7.69. The Morgan fingerprint density at radius 1 is 1.37 bits per heavy atom. The lowest BCUT2D eigenvalue weighted by molar-refractivity contribution is 0.486. The summed E-state index contributed by atoms with van der Waals surface area (Å²) in [5.74, 6) is 0.789. The molecule has 0 aliphatic heterocycles. The van der Waals surface area contributed by atoms with Gasteiger partial charge in [0, 0.05) is 36.8 Å². The van der Waals surface area contributed by atoms with Gasteiger partial charge in [-0.05, 0) is 25.7 Å². The quantitative estimate of drug-likeness (QED) is 0.749. The highest BCUT2D eigenvalue weighted by Gasteiger charge is 2.20. The third-order valence-electron chi connectivity index (χ3n) is 3.97. The predicted molar refractivity (Wildman–Crippen MR) is 83.9 cm³/mol. The largest absolute Gasteiger partial charge is 0.348 e. The number of nitrogens with one attached hydrogen (secondary N) is 1. The molecular weight excluding hydrogens is 254 g/mol. The van der Waals surface area contributed by atoms with Crippen LogP contribution in [0.1, 0.15) is 51.3 Å². The van der Waals surface area contributed by atoms with Gasteiger partial charge in [-0.3, -0.25) is 0 Å². The molecule has 0 atom stereocenters. The Bertz CT molecular complexity index is 369. The van der Waals surface area contributed by atoms with Crippen molar-refractivity contribution in [1.29, 1.82) is 0 Å². The molecule has 0 bridgehead atoms. The average molecular weight is 281 g/mol. The van der Waals surface area contributed by atoms with Crippen LogP contribution in [0.5, 0.6) is 0 Å². The van der Waals surface area contributed by atoms with Crippen LogP contribution >= 0.6 is 11.3 Å². The minimum atomic E-state index is 0.775. The van der Waals surface area contributed by atoms with Gasteiger partial charge >= 0.3 is 0 Å². The van der Waals surface area contributed by atoms with Gasteiger partial charge in [0.15, 0.2) is 5.13 Å². The molecule has 1 aliphatic rings. The number of nitrogens with zero attached hydrogens (tertiary/aromatic N) is 2. The van der Waals surface area contributed by atoms with Gasteiger partial charge in [-0.15, -0.1) is 11.3 Å². The fraction of sp³-hybridized carbons (Fsp3) is 0.800. The predicted octanol–water partition coefficient (Wildman–Crippen LogP) is 3.66. The number of anilines is 1. The van der Waals surface area contributed by atoms with Crippen molar-refractivity contribution in [2.24, 2.45) is 5.92 Å². The third kappa shape index (κ3) is 4.46. The van der Waals surface area contributed by atoms with E-state index in [0.29, 0.717) is 0 Å². The molecule has 2 rings (SSSR count). The molecule has 0 aromatic carbocycles. The lowest BCUT2D eigenvalue weighted by Gasteiger charge is -2.24. The van der Waals surface area contributed by atoms with E-state index in [9.17, 15) is 0 Å². The van der Waals surface area contributed by atoms with E-state index < -0.39 is 0 Å². The number of hydrogen-bond acceptors (Lipinski definition) is 4. The van der Waals surface area contributed by atoms with E-state index in [1.165, 1.54) is 35.7 Å². The highest BCUT2D eigenvalue weighted by molar-refractivity contribution is 7.15. The van der Waals surface area contributed by atoms with Crippen LogP contribution < -0.4 is 10.2 Å². The topological polar surface area (TPSA) is 28.2 Å². The summed E-state index contributed by atoms with van der Waals surface area (Å²) in [7, 11) is 0.